The lowest BCUT2D eigenvalue weighted by molar-refractivity contribution is 0.180. The molecule has 0 fully saturated rings. The maximum atomic E-state index is 9.48. The highest BCUT2D eigenvalue weighted by atomic mass is 16.3. The van der Waals surface area contributed by atoms with Gasteiger partial charge in [0.1, 0.15) is 0 Å². The van der Waals surface area contributed by atoms with Crippen molar-refractivity contribution in [3.8, 4) is 0 Å². The molecular weight excluding hydrogens is 222 g/mol. The Hall–Kier alpha value is -1.67. The Bertz CT molecular complexity index is 414. The largest absolute Gasteiger partial charge is 0.393 e. The molecule has 18 heavy (non-hydrogen) atoms. The first-order chi connectivity index (χ1) is 8.77. The number of rotatable bonds is 5. The highest BCUT2D eigenvalue weighted by Crippen LogP contribution is 2.28. The van der Waals surface area contributed by atoms with Gasteiger partial charge in [-0.25, -0.2) is 0 Å². The monoisotopic (exact) mass is 241 g/mol. The van der Waals surface area contributed by atoms with Gasteiger partial charge < -0.3 is 5.11 Å². The lowest BCUT2D eigenvalue weighted by atomic mass is 9.88. The quantitative estimate of drug-likeness (QED) is 0.870. The zero-order valence-electron chi connectivity index (χ0n) is 10.7. The van der Waals surface area contributed by atoms with Crippen molar-refractivity contribution in [3.63, 3.8) is 0 Å². The summed E-state index contributed by atoms with van der Waals surface area (Å²) >= 11 is 0. The van der Waals surface area contributed by atoms with Crippen LogP contribution in [-0.4, -0.2) is 16.2 Å². The van der Waals surface area contributed by atoms with E-state index in [2.05, 4.69) is 35.3 Å². The number of benzene rings is 1. The van der Waals surface area contributed by atoms with Crippen LogP contribution in [0.2, 0.25) is 0 Å². The molecule has 2 rings (SSSR count). The number of nitrogens with zero attached hydrogens (tertiary/aromatic N) is 1. The molecule has 0 spiro atoms. The number of pyridine rings is 1. The molecule has 0 radical (unpaired) electrons. The lowest BCUT2D eigenvalue weighted by Gasteiger charge is -2.18. The second kappa shape index (κ2) is 6.31. The number of aliphatic hydroxyl groups excluding tert-OH is 1. The summed E-state index contributed by atoms with van der Waals surface area (Å²) in [7, 11) is 0. The molecule has 2 atom stereocenters. The molecule has 1 aromatic heterocycles. The molecule has 0 amide bonds. The predicted molar refractivity (Wildman–Crippen MR) is 73.4 cm³/mol. The number of hydrogen-bond acceptors (Lipinski definition) is 2. The normalized spacial score (nSPS) is 14.1. The standard InChI is InChI=1S/C16H19NO/c1-13(18)9-10-16(14-6-3-2-4-7-14)15-8-5-11-17-12-15/h2-8,11-13,16,18H,9-10H2,1H3. The van der Waals surface area contributed by atoms with Gasteiger partial charge in [-0.1, -0.05) is 36.4 Å². The van der Waals surface area contributed by atoms with Gasteiger partial charge in [0.25, 0.3) is 0 Å². The summed E-state index contributed by atoms with van der Waals surface area (Å²) in [6.45, 7) is 1.84. The summed E-state index contributed by atoms with van der Waals surface area (Å²) in [5.41, 5.74) is 2.50. The highest BCUT2D eigenvalue weighted by molar-refractivity contribution is 5.30. The van der Waals surface area contributed by atoms with Crippen molar-refractivity contribution in [1.29, 1.82) is 0 Å². The molecule has 0 aliphatic heterocycles. The summed E-state index contributed by atoms with van der Waals surface area (Å²) in [6.07, 6.45) is 5.19. The summed E-state index contributed by atoms with van der Waals surface area (Å²) in [4.78, 5) is 4.20. The molecule has 2 heteroatoms. The lowest BCUT2D eigenvalue weighted by Crippen LogP contribution is -2.07. The van der Waals surface area contributed by atoms with E-state index < -0.39 is 0 Å². The van der Waals surface area contributed by atoms with Gasteiger partial charge in [-0.15, -0.1) is 0 Å². The molecule has 0 aliphatic rings. The van der Waals surface area contributed by atoms with Crippen LogP contribution in [0.25, 0.3) is 0 Å². The van der Waals surface area contributed by atoms with E-state index in [-0.39, 0.29) is 6.10 Å². The van der Waals surface area contributed by atoms with Crippen LogP contribution in [-0.2, 0) is 0 Å². The van der Waals surface area contributed by atoms with E-state index >= 15 is 0 Å². The minimum atomic E-state index is -0.257. The Morgan fingerprint density at radius 2 is 1.72 bits per heavy atom. The Balaban J connectivity index is 2.24. The van der Waals surface area contributed by atoms with Crippen LogP contribution in [0.1, 0.15) is 36.8 Å². The van der Waals surface area contributed by atoms with Crippen molar-refractivity contribution in [2.75, 3.05) is 0 Å². The van der Waals surface area contributed by atoms with Crippen LogP contribution in [0.15, 0.2) is 54.9 Å². The number of aliphatic hydroxyl groups is 1. The maximum absolute atomic E-state index is 9.48. The van der Waals surface area contributed by atoms with Gasteiger partial charge >= 0.3 is 0 Å². The number of aromatic nitrogens is 1. The SMILES string of the molecule is CC(O)CCC(c1ccccc1)c1cccnc1. The molecule has 0 saturated heterocycles. The van der Waals surface area contributed by atoms with Crippen LogP contribution in [0, 0.1) is 0 Å². The predicted octanol–water partition coefficient (Wildman–Crippen LogP) is 3.37. The van der Waals surface area contributed by atoms with Crippen LogP contribution in [0.5, 0.6) is 0 Å². The minimum absolute atomic E-state index is 0.257. The van der Waals surface area contributed by atoms with Gasteiger partial charge in [0, 0.05) is 18.3 Å². The average molecular weight is 241 g/mol. The van der Waals surface area contributed by atoms with Gasteiger partial charge in [-0.05, 0) is 37.0 Å². The summed E-state index contributed by atoms with van der Waals surface area (Å²) in [5, 5.41) is 9.48. The number of hydrogen-bond donors (Lipinski definition) is 1. The first-order valence-corrected chi connectivity index (χ1v) is 6.40. The fourth-order valence-corrected chi connectivity index (χ4v) is 2.20. The van der Waals surface area contributed by atoms with Crippen LogP contribution >= 0.6 is 0 Å². The minimum Gasteiger partial charge on any atom is -0.393 e. The van der Waals surface area contributed by atoms with Gasteiger partial charge in [-0.3, -0.25) is 4.98 Å². The first kappa shape index (κ1) is 12.8. The van der Waals surface area contributed by atoms with E-state index in [0.29, 0.717) is 5.92 Å². The Morgan fingerprint density at radius 1 is 1.00 bits per heavy atom. The maximum Gasteiger partial charge on any atom is 0.0512 e. The fourth-order valence-electron chi connectivity index (χ4n) is 2.20. The topological polar surface area (TPSA) is 33.1 Å². The van der Waals surface area contributed by atoms with Gasteiger partial charge in [0.2, 0.25) is 0 Å². The van der Waals surface area contributed by atoms with Crippen molar-refractivity contribution in [3.05, 3.63) is 66.0 Å². The van der Waals surface area contributed by atoms with Crippen molar-refractivity contribution in [1.82, 2.24) is 4.98 Å². The second-order valence-corrected chi connectivity index (χ2v) is 4.68. The molecule has 0 aliphatic carbocycles. The van der Waals surface area contributed by atoms with Crippen molar-refractivity contribution < 1.29 is 5.11 Å². The average Bonchev–Trinajstić information content (AvgIpc) is 2.41. The second-order valence-electron chi connectivity index (χ2n) is 4.68. The van der Waals surface area contributed by atoms with Gasteiger partial charge in [0.05, 0.1) is 6.10 Å². The molecular formula is C16H19NO. The van der Waals surface area contributed by atoms with Gasteiger partial charge in [0.15, 0.2) is 0 Å². The van der Waals surface area contributed by atoms with Crippen molar-refractivity contribution >= 4 is 0 Å². The van der Waals surface area contributed by atoms with Crippen molar-refractivity contribution in [2.45, 2.75) is 31.8 Å². The van der Waals surface area contributed by atoms with Crippen LogP contribution in [0.3, 0.4) is 0 Å². The molecule has 2 nitrogen and oxygen atoms in total. The van der Waals surface area contributed by atoms with Crippen LogP contribution in [0.4, 0.5) is 0 Å². The van der Waals surface area contributed by atoms with E-state index in [9.17, 15) is 5.11 Å². The smallest absolute Gasteiger partial charge is 0.0512 e. The third-order valence-corrected chi connectivity index (χ3v) is 3.16. The zero-order valence-corrected chi connectivity index (χ0v) is 10.7. The summed E-state index contributed by atoms with van der Waals surface area (Å²) < 4.78 is 0. The zero-order chi connectivity index (χ0) is 12.8. The molecule has 1 heterocycles. The third kappa shape index (κ3) is 3.41. The van der Waals surface area contributed by atoms with Gasteiger partial charge in [-0.2, -0.15) is 0 Å². The van der Waals surface area contributed by atoms with Crippen LogP contribution < -0.4 is 0 Å². The molecule has 0 bridgehead atoms. The first-order valence-electron chi connectivity index (χ1n) is 6.40. The van der Waals surface area contributed by atoms with E-state index in [0.717, 1.165) is 12.8 Å². The van der Waals surface area contributed by atoms with E-state index in [1.165, 1.54) is 11.1 Å². The summed E-state index contributed by atoms with van der Waals surface area (Å²) in [5.74, 6) is 0.314. The Kier molecular flexibility index (Phi) is 4.48. The van der Waals surface area contributed by atoms with E-state index in [1.54, 1.807) is 6.20 Å². The molecule has 94 valence electrons. The summed E-state index contributed by atoms with van der Waals surface area (Å²) in [6, 6.07) is 14.5. The van der Waals surface area contributed by atoms with E-state index in [4.69, 9.17) is 0 Å². The molecule has 1 aromatic carbocycles. The Labute approximate surface area is 108 Å². The molecule has 0 saturated carbocycles. The van der Waals surface area contributed by atoms with Crippen molar-refractivity contribution in [2.24, 2.45) is 0 Å². The molecule has 2 aromatic rings. The van der Waals surface area contributed by atoms with E-state index in [1.807, 2.05) is 25.3 Å². The Morgan fingerprint density at radius 3 is 2.33 bits per heavy atom. The highest BCUT2D eigenvalue weighted by Gasteiger charge is 2.14. The third-order valence-electron chi connectivity index (χ3n) is 3.16. The molecule has 1 N–H and O–H groups in total. The fraction of sp³-hybridized carbons (Fsp3) is 0.312. The molecule has 2 unspecified atom stereocenters.